The summed E-state index contributed by atoms with van der Waals surface area (Å²) in [5.41, 5.74) is 1.12. The van der Waals surface area contributed by atoms with Crippen molar-refractivity contribution in [3.63, 3.8) is 0 Å². The number of pyridine rings is 1. The van der Waals surface area contributed by atoms with Gasteiger partial charge in [0.15, 0.2) is 0 Å². The quantitative estimate of drug-likeness (QED) is 0.750. The zero-order valence-corrected chi connectivity index (χ0v) is 9.60. The third kappa shape index (κ3) is 2.25. The van der Waals surface area contributed by atoms with E-state index in [4.69, 9.17) is 11.6 Å². The average Bonchev–Trinajstić information content (AvgIpc) is 2.65. The van der Waals surface area contributed by atoms with Crippen LogP contribution in [-0.2, 0) is 0 Å². The fraction of sp³-hybridized carbons (Fsp3) is 0.0909. The van der Waals surface area contributed by atoms with Crippen LogP contribution in [0.25, 0.3) is 0 Å². The molecule has 0 saturated heterocycles. The van der Waals surface area contributed by atoms with Crippen LogP contribution in [0.15, 0.2) is 29.8 Å². The second kappa shape index (κ2) is 4.13. The number of aryl methyl sites for hydroxylation is 1. The molecule has 0 unspecified atom stereocenters. The standard InChI is InChI=1S/C11H8ClNOS/c1-7-4-8(6-15-7)11(14)10-3-2-9(12)5-13-10/h2-6H,1H3. The summed E-state index contributed by atoms with van der Waals surface area (Å²) in [6, 6.07) is 5.17. The minimum Gasteiger partial charge on any atom is -0.287 e. The molecule has 0 aromatic carbocycles. The highest BCUT2D eigenvalue weighted by molar-refractivity contribution is 7.10. The molecule has 2 aromatic heterocycles. The molecule has 0 aliphatic carbocycles. The van der Waals surface area contributed by atoms with Crippen LogP contribution >= 0.6 is 22.9 Å². The van der Waals surface area contributed by atoms with Crippen molar-refractivity contribution >= 4 is 28.7 Å². The van der Waals surface area contributed by atoms with Crippen molar-refractivity contribution in [3.8, 4) is 0 Å². The topological polar surface area (TPSA) is 30.0 Å². The van der Waals surface area contributed by atoms with E-state index in [0.29, 0.717) is 16.3 Å². The van der Waals surface area contributed by atoms with E-state index < -0.39 is 0 Å². The molecule has 0 saturated carbocycles. The highest BCUT2D eigenvalue weighted by Crippen LogP contribution is 2.17. The zero-order valence-electron chi connectivity index (χ0n) is 8.03. The van der Waals surface area contributed by atoms with Gasteiger partial charge in [-0.05, 0) is 25.1 Å². The summed E-state index contributed by atoms with van der Waals surface area (Å²) in [4.78, 5) is 17.0. The summed E-state index contributed by atoms with van der Waals surface area (Å²) in [5.74, 6) is -0.0592. The molecule has 0 bridgehead atoms. The smallest absolute Gasteiger partial charge is 0.212 e. The molecule has 76 valence electrons. The van der Waals surface area contributed by atoms with Crippen molar-refractivity contribution < 1.29 is 4.79 Å². The molecule has 0 aliphatic heterocycles. The van der Waals surface area contributed by atoms with Crippen molar-refractivity contribution in [2.75, 3.05) is 0 Å². The Hall–Kier alpha value is -1.19. The van der Waals surface area contributed by atoms with Crippen LogP contribution in [-0.4, -0.2) is 10.8 Å². The van der Waals surface area contributed by atoms with Crippen LogP contribution in [0.4, 0.5) is 0 Å². The van der Waals surface area contributed by atoms with Crippen molar-refractivity contribution in [1.29, 1.82) is 0 Å². The Morgan fingerprint density at radius 3 is 2.80 bits per heavy atom. The second-order valence-corrected chi connectivity index (χ2v) is 4.69. The maximum atomic E-state index is 11.9. The molecule has 0 radical (unpaired) electrons. The predicted octanol–water partition coefficient (Wildman–Crippen LogP) is 3.34. The third-order valence-corrected chi connectivity index (χ3v) is 3.04. The molecule has 2 heterocycles. The summed E-state index contributed by atoms with van der Waals surface area (Å²) in [6.07, 6.45) is 1.48. The Balaban J connectivity index is 2.32. The molecule has 0 atom stereocenters. The molecule has 0 aliphatic rings. The van der Waals surface area contributed by atoms with E-state index in [-0.39, 0.29) is 5.78 Å². The van der Waals surface area contributed by atoms with Crippen molar-refractivity contribution in [2.24, 2.45) is 0 Å². The minimum absolute atomic E-state index is 0.0592. The van der Waals surface area contributed by atoms with Gasteiger partial charge in [0.25, 0.3) is 0 Å². The predicted molar refractivity (Wildman–Crippen MR) is 61.7 cm³/mol. The minimum atomic E-state index is -0.0592. The van der Waals surface area contributed by atoms with Gasteiger partial charge in [0, 0.05) is 22.0 Å². The summed E-state index contributed by atoms with van der Waals surface area (Å²) in [7, 11) is 0. The SMILES string of the molecule is Cc1cc(C(=O)c2ccc(Cl)cn2)cs1. The third-order valence-electron chi connectivity index (χ3n) is 1.95. The lowest BCUT2D eigenvalue weighted by molar-refractivity contribution is 0.103. The number of halogens is 1. The van der Waals surface area contributed by atoms with Gasteiger partial charge in [-0.3, -0.25) is 9.78 Å². The molecule has 15 heavy (non-hydrogen) atoms. The molecule has 2 rings (SSSR count). The first-order chi connectivity index (χ1) is 7.16. The molecule has 4 heteroatoms. The van der Waals surface area contributed by atoms with Gasteiger partial charge < -0.3 is 0 Å². The summed E-state index contributed by atoms with van der Waals surface area (Å²) >= 11 is 7.25. The number of carbonyl (C=O) groups excluding carboxylic acids is 1. The van der Waals surface area contributed by atoms with E-state index in [1.807, 2.05) is 18.4 Å². The molecule has 2 aromatic rings. The van der Waals surface area contributed by atoms with E-state index in [0.717, 1.165) is 4.88 Å². The van der Waals surface area contributed by atoms with Gasteiger partial charge >= 0.3 is 0 Å². The number of carbonyl (C=O) groups is 1. The first-order valence-corrected chi connectivity index (χ1v) is 5.64. The van der Waals surface area contributed by atoms with Crippen LogP contribution in [0.2, 0.25) is 5.02 Å². The molecular formula is C11H8ClNOS. The monoisotopic (exact) mass is 237 g/mol. The molecule has 0 N–H and O–H groups in total. The fourth-order valence-electron chi connectivity index (χ4n) is 1.22. The lowest BCUT2D eigenvalue weighted by Crippen LogP contribution is -2.01. The Labute approximate surface area is 96.5 Å². The fourth-order valence-corrected chi connectivity index (χ4v) is 2.02. The Morgan fingerprint density at radius 2 is 2.27 bits per heavy atom. The number of rotatable bonds is 2. The van der Waals surface area contributed by atoms with Gasteiger partial charge in [-0.25, -0.2) is 0 Å². The Morgan fingerprint density at radius 1 is 1.47 bits per heavy atom. The van der Waals surface area contributed by atoms with Crippen LogP contribution in [0, 0.1) is 6.92 Å². The lowest BCUT2D eigenvalue weighted by Gasteiger charge is -1.96. The Bertz CT molecular complexity index is 490. The van der Waals surface area contributed by atoms with Gasteiger partial charge in [-0.2, -0.15) is 0 Å². The van der Waals surface area contributed by atoms with Gasteiger partial charge in [-0.15, -0.1) is 11.3 Å². The van der Waals surface area contributed by atoms with Crippen LogP contribution < -0.4 is 0 Å². The summed E-state index contributed by atoms with van der Waals surface area (Å²) in [6.45, 7) is 1.97. The normalized spacial score (nSPS) is 10.3. The van der Waals surface area contributed by atoms with Crippen molar-refractivity contribution in [2.45, 2.75) is 6.92 Å². The lowest BCUT2D eigenvalue weighted by atomic mass is 10.1. The largest absolute Gasteiger partial charge is 0.287 e. The zero-order chi connectivity index (χ0) is 10.8. The first-order valence-electron chi connectivity index (χ1n) is 4.38. The summed E-state index contributed by atoms with van der Waals surface area (Å²) < 4.78 is 0. The maximum absolute atomic E-state index is 11.9. The van der Waals surface area contributed by atoms with E-state index in [1.54, 1.807) is 23.5 Å². The molecule has 0 fully saturated rings. The maximum Gasteiger partial charge on any atom is 0.212 e. The highest BCUT2D eigenvalue weighted by Gasteiger charge is 2.11. The van der Waals surface area contributed by atoms with E-state index in [9.17, 15) is 4.79 Å². The van der Waals surface area contributed by atoms with Crippen LogP contribution in [0.1, 0.15) is 20.9 Å². The second-order valence-electron chi connectivity index (χ2n) is 3.14. The van der Waals surface area contributed by atoms with E-state index in [2.05, 4.69) is 4.98 Å². The van der Waals surface area contributed by atoms with Gasteiger partial charge in [0.2, 0.25) is 5.78 Å². The number of thiophene rings is 1. The van der Waals surface area contributed by atoms with Crippen molar-refractivity contribution in [1.82, 2.24) is 4.98 Å². The van der Waals surface area contributed by atoms with Gasteiger partial charge in [0.05, 0.1) is 5.02 Å². The molecule has 2 nitrogen and oxygen atoms in total. The average molecular weight is 238 g/mol. The first kappa shape index (κ1) is 10.3. The van der Waals surface area contributed by atoms with Crippen LogP contribution in [0.3, 0.4) is 0 Å². The number of aromatic nitrogens is 1. The van der Waals surface area contributed by atoms with Gasteiger partial charge in [-0.1, -0.05) is 11.6 Å². The Kier molecular flexibility index (Phi) is 2.84. The van der Waals surface area contributed by atoms with E-state index >= 15 is 0 Å². The number of nitrogens with zero attached hydrogens (tertiary/aromatic N) is 1. The molecule has 0 amide bonds. The van der Waals surface area contributed by atoms with Crippen LogP contribution in [0.5, 0.6) is 0 Å². The number of hydrogen-bond donors (Lipinski definition) is 0. The molecular weight excluding hydrogens is 230 g/mol. The van der Waals surface area contributed by atoms with Crippen molar-refractivity contribution in [3.05, 3.63) is 50.9 Å². The number of hydrogen-bond acceptors (Lipinski definition) is 3. The highest BCUT2D eigenvalue weighted by atomic mass is 35.5. The number of ketones is 1. The van der Waals surface area contributed by atoms with Gasteiger partial charge in [0.1, 0.15) is 5.69 Å². The molecule has 0 spiro atoms. The van der Waals surface area contributed by atoms with E-state index in [1.165, 1.54) is 6.20 Å². The summed E-state index contributed by atoms with van der Waals surface area (Å²) in [5, 5.41) is 2.38.